The van der Waals surface area contributed by atoms with Crippen LogP contribution in [0.3, 0.4) is 0 Å². The van der Waals surface area contributed by atoms with Crippen molar-refractivity contribution in [1.29, 1.82) is 0 Å². The van der Waals surface area contributed by atoms with Crippen molar-refractivity contribution in [2.45, 2.75) is 24.0 Å². The van der Waals surface area contributed by atoms with Crippen LogP contribution >= 0.6 is 22.9 Å². The fourth-order valence-corrected chi connectivity index (χ4v) is 5.84. The molecule has 0 atom stereocenters. The average Bonchev–Trinajstić information content (AvgIpc) is 3.09. The first kappa shape index (κ1) is 20.6. The summed E-state index contributed by atoms with van der Waals surface area (Å²) < 4.78 is 27.7. The Morgan fingerprint density at radius 2 is 1.89 bits per heavy atom. The van der Waals surface area contributed by atoms with Crippen molar-refractivity contribution in [2.75, 3.05) is 44.2 Å². The molecule has 0 spiro atoms. The Labute approximate surface area is 171 Å². The zero-order chi connectivity index (χ0) is 19.3. The zero-order valence-corrected chi connectivity index (χ0v) is 17.9. The molecule has 1 aliphatic rings. The van der Waals surface area contributed by atoms with Crippen LogP contribution in [0.15, 0.2) is 40.6 Å². The van der Waals surface area contributed by atoms with Crippen molar-refractivity contribution < 1.29 is 8.42 Å². The van der Waals surface area contributed by atoms with Gasteiger partial charge in [0.05, 0.1) is 4.34 Å². The molecule has 0 aliphatic carbocycles. The van der Waals surface area contributed by atoms with Crippen LogP contribution in [0, 0.1) is 6.92 Å². The number of piperazine rings is 1. The van der Waals surface area contributed by atoms with E-state index in [1.807, 2.05) is 0 Å². The molecule has 0 unspecified atom stereocenters. The van der Waals surface area contributed by atoms with Gasteiger partial charge in [0.25, 0.3) is 0 Å². The molecular weight excluding hydrogens is 402 g/mol. The van der Waals surface area contributed by atoms with E-state index in [9.17, 15) is 8.42 Å². The average molecular weight is 428 g/mol. The summed E-state index contributed by atoms with van der Waals surface area (Å²) in [4.78, 5) is 4.89. The second-order valence-electron chi connectivity index (χ2n) is 6.83. The van der Waals surface area contributed by atoms with E-state index in [-0.39, 0.29) is 4.21 Å². The molecule has 1 aliphatic heterocycles. The number of benzene rings is 1. The minimum absolute atomic E-state index is 0.278. The third-order valence-electron chi connectivity index (χ3n) is 4.75. The molecule has 0 bridgehead atoms. The Balaban J connectivity index is 1.34. The van der Waals surface area contributed by atoms with Crippen LogP contribution in [0.1, 0.15) is 18.4 Å². The van der Waals surface area contributed by atoms with E-state index < -0.39 is 10.0 Å². The topological polar surface area (TPSA) is 52.6 Å². The highest BCUT2D eigenvalue weighted by Gasteiger charge is 2.18. The number of halogens is 1. The smallest absolute Gasteiger partial charge is 0.250 e. The molecule has 1 N–H and O–H groups in total. The van der Waals surface area contributed by atoms with Crippen molar-refractivity contribution in [3.63, 3.8) is 0 Å². The largest absolute Gasteiger partial charge is 0.369 e. The molecule has 3 rings (SSSR count). The molecule has 8 heteroatoms. The maximum absolute atomic E-state index is 12.1. The van der Waals surface area contributed by atoms with Gasteiger partial charge >= 0.3 is 0 Å². The van der Waals surface area contributed by atoms with Gasteiger partial charge in [-0.05, 0) is 56.1 Å². The molecule has 1 saturated heterocycles. The number of anilines is 1. The number of rotatable bonds is 8. The lowest BCUT2D eigenvalue weighted by atomic mass is 10.2. The van der Waals surface area contributed by atoms with Crippen LogP contribution in [0.2, 0.25) is 4.34 Å². The molecule has 2 heterocycles. The van der Waals surface area contributed by atoms with Gasteiger partial charge in [-0.25, -0.2) is 13.1 Å². The van der Waals surface area contributed by atoms with Crippen molar-refractivity contribution in [1.82, 2.24) is 9.62 Å². The number of sulfonamides is 1. The lowest BCUT2D eigenvalue weighted by molar-refractivity contribution is 0.253. The van der Waals surface area contributed by atoms with Crippen LogP contribution in [0.5, 0.6) is 0 Å². The molecule has 148 valence electrons. The quantitative estimate of drug-likeness (QED) is 0.654. The first-order chi connectivity index (χ1) is 12.9. The monoisotopic (exact) mass is 427 g/mol. The Morgan fingerprint density at radius 3 is 2.56 bits per heavy atom. The van der Waals surface area contributed by atoms with Gasteiger partial charge in [-0.1, -0.05) is 23.7 Å². The number of aryl methyl sites for hydroxylation is 1. The molecule has 0 saturated carbocycles. The highest BCUT2D eigenvalue weighted by Crippen LogP contribution is 2.25. The summed E-state index contributed by atoms with van der Waals surface area (Å²) in [6.07, 6.45) is 1.81. The van der Waals surface area contributed by atoms with Crippen LogP contribution in [-0.4, -0.2) is 52.6 Å². The van der Waals surface area contributed by atoms with Crippen LogP contribution in [0.4, 0.5) is 5.69 Å². The van der Waals surface area contributed by atoms with Gasteiger partial charge in [0.1, 0.15) is 4.21 Å². The van der Waals surface area contributed by atoms with Crippen molar-refractivity contribution in [3.8, 4) is 0 Å². The van der Waals surface area contributed by atoms with Gasteiger partial charge in [-0.2, -0.15) is 0 Å². The van der Waals surface area contributed by atoms with E-state index in [1.165, 1.54) is 11.3 Å². The summed E-state index contributed by atoms with van der Waals surface area (Å²) in [5.41, 5.74) is 2.60. The Kier molecular flexibility index (Phi) is 7.16. The summed E-state index contributed by atoms with van der Waals surface area (Å²) in [5.74, 6) is 0. The molecule has 5 nitrogen and oxygen atoms in total. The third-order valence-corrected chi connectivity index (χ3v) is 7.93. The second kappa shape index (κ2) is 9.39. The third kappa shape index (κ3) is 5.93. The minimum atomic E-state index is -3.42. The Morgan fingerprint density at radius 1 is 1.11 bits per heavy atom. The normalized spacial score (nSPS) is 16.0. The Bertz CT molecular complexity index is 846. The zero-order valence-electron chi connectivity index (χ0n) is 15.5. The second-order valence-corrected chi connectivity index (χ2v) is 10.5. The molecule has 0 radical (unpaired) electrons. The molecule has 27 heavy (non-hydrogen) atoms. The van der Waals surface area contributed by atoms with E-state index in [2.05, 4.69) is 45.7 Å². The van der Waals surface area contributed by atoms with Crippen molar-refractivity contribution in [2.24, 2.45) is 0 Å². The number of unbranched alkanes of at least 4 members (excludes halogenated alkanes) is 1. The lowest BCUT2D eigenvalue weighted by Crippen LogP contribution is -2.46. The molecule has 1 aromatic heterocycles. The van der Waals surface area contributed by atoms with Gasteiger partial charge in [0, 0.05) is 38.4 Å². The van der Waals surface area contributed by atoms with Gasteiger partial charge in [-0.15, -0.1) is 11.3 Å². The predicted molar refractivity (Wildman–Crippen MR) is 114 cm³/mol. The van der Waals surface area contributed by atoms with Gasteiger partial charge in [-0.3, -0.25) is 4.90 Å². The first-order valence-corrected chi connectivity index (χ1v) is 11.9. The number of hydrogen-bond acceptors (Lipinski definition) is 5. The first-order valence-electron chi connectivity index (χ1n) is 9.23. The summed E-state index contributed by atoms with van der Waals surface area (Å²) in [6, 6.07) is 11.8. The van der Waals surface area contributed by atoms with Crippen LogP contribution in [-0.2, 0) is 10.0 Å². The maximum atomic E-state index is 12.1. The molecular formula is C19H26ClN3O2S2. The number of nitrogens with one attached hydrogen (secondary N) is 1. The molecule has 1 aromatic carbocycles. The van der Waals surface area contributed by atoms with E-state index >= 15 is 0 Å². The summed E-state index contributed by atoms with van der Waals surface area (Å²) in [5, 5.41) is 0. The summed E-state index contributed by atoms with van der Waals surface area (Å²) in [6.45, 7) is 7.77. The number of nitrogens with zero attached hydrogens (tertiary/aromatic N) is 2. The van der Waals surface area contributed by atoms with Gasteiger partial charge in [0.15, 0.2) is 0 Å². The van der Waals surface area contributed by atoms with Crippen molar-refractivity contribution >= 4 is 38.6 Å². The van der Waals surface area contributed by atoms with E-state index in [0.29, 0.717) is 10.9 Å². The minimum Gasteiger partial charge on any atom is -0.369 e. The summed E-state index contributed by atoms with van der Waals surface area (Å²) in [7, 11) is -3.42. The molecule has 0 amide bonds. The lowest BCUT2D eigenvalue weighted by Gasteiger charge is -2.36. The predicted octanol–water partition coefficient (Wildman–Crippen LogP) is 3.59. The number of hydrogen-bond donors (Lipinski definition) is 1. The maximum Gasteiger partial charge on any atom is 0.250 e. The SMILES string of the molecule is Cc1cccc(N2CCN(CCCCNS(=O)(=O)c3ccc(Cl)s3)CC2)c1. The highest BCUT2D eigenvalue weighted by atomic mass is 35.5. The standard InChI is InChI=1S/C19H26ClN3O2S2/c1-16-5-4-6-17(15-16)23-13-11-22(12-14-23)10-3-2-9-21-27(24,25)19-8-7-18(20)26-19/h4-8,15,21H,2-3,9-14H2,1H3. The Hall–Kier alpha value is -1.12. The molecule has 1 fully saturated rings. The van der Waals surface area contributed by atoms with E-state index in [0.717, 1.165) is 56.9 Å². The number of thiophene rings is 1. The fourth-order valence-electron chi connectivity index (χ4n) is 3.23. The van der Waals surface area contributed by atoms with E-state index in [4.69, 9.17) is 11.6 Å². The molecule has 2 aromatic rings. The van der Waals surface area contributed by atoms with Crippen molar-refractivity contribution in [3.05, 3.63) is 46.3 Å². The summed E-state index contributed by atoms with van der Waals surface area (Å²) >= 11 is 6.89. The highest BCUT2D eigenvalue weighted by molar-refractivity contribution is 7.91. The van der Waals surface area contributed by atoms with E-state index in [1.54, 1.807) is 12.1 Å². The van der Waals surface area contributed by atoms with Gasteiger partial charge in [0.2, 0.25) is 10.0 Å². The van der Waals surface area contributed by atoms with Crippen LogP contribution in [0.25, 0.3) is 0 Å². The fraction of sp³-hybridized carbons (Fsp3) is 0.474. The van der Waals surface area contributed by atoms with Crippen LogP contribution < -0.4 is 9.62 Å². The van der Waals surface area contributed by atoms with Gasteiger partial charge < -0.3 is 4.90 Å².